The fourth-order valence-corrected chi connectivity index (χ4v) is 5.29. The molecule has 0 unspecified atom stereocenters. The van der Waals surface area contributed by atoms with E-state index in [0.29, 0.717) is 12.1 Å². The Balaban J connectivity index is 1.59. The van der Waals surface area contributed by atoms with Crippen LogP contribution in [-0.4, -0.2) is 17.0 Å². The molecule has 1 N–H and O–H groups in total. The monoisotopic (exact) mass is 450 g/mol. The third-order valence-electron chi connectivity index (χ3n) is 6.77. The molecule has 6 heteroatoms. The van der Waals surface area contributed by atoms with Crippen LogP contribution in [0.5, 0.6) is 0 Å². The van der Waals surface area contributed by atoms with Crippen molar-refractivity contribution in [1.29, 1.82) is 0 Å². The Bertz CT molecular complexity index is 1120. The van der Waals surface area contributed by atoms with Crippen molar-refractivity contribution < 1.29 is 18.0 Å². The number of benzene rings is 3. The summed E-state index contributed by atoms with van der Waals surface area (Å²) in [5.74, 6) is -3.29. The molecule has 0 heterocycles. The van der Waals surface area contributed by atoms with Gasteiger partial charge in [0.05, 0.1) is 6.04 Å². The molecule has 0 saturated heterocycles. The van der Waals surface area contributed by atoms with Crippen molar-refractivity contribution in [3.63, 3.8) is 0 Å². The van der Waals surface area contributed by atoms with Crippen LogP contribution in [0.15, 0.2) is 60.7 Å². The summed E-state index contributed by atoms with van der Waals surface area (Å²) in [6.07, 6.45) is 5.83. The largest absolute Gasteiger partial charge is 0.323 e. The van der Waals surface area contributed by atoms with Crippen molar-refractivity contribution in [1.82, 2.24) is 4.90 Å². The fourth-order valence-electron chi connectivity index (χ4n) is 5.29. The van der Waals surface area contributed by atoms with Gasteiger partial charge in [0.25, 0.3) is 0 Å². The molecular formula is C27H25F3N2O. The summed E-state index contributed by atoms with van der Waals surface area (Å²) in [5, 5.41) is 2.43. The molecule has 2 aliphatic carbocycles. The van der Waals surface area contributed by atoms with Crippen LogP contribution >= 0.6 is 0 Å². The Morgan fingerprint density at radius 2 is 1.30 bits per heavy atom. The van der Waals surface area contributed by atoms with E-state index in [9.17, 15) is 18.0 Å². The number of anilines is 1. The van der Waals surface area contributed by atoms with Crippen molar-refractivity contribution in [3.8, 4) is 11.1 Å². The molecule has 2 aliphatic rings. The molecule has 170 valence electrons. The minimum absolute atomic E-state index is 0.0803. The van der Waals surface area contributed by atoms with Crippen molar-refractivity contribution in [2.24, 2.45) is 0 Å². The van der Waals surface area contributed by atoms with Gasteiger partial charge in [-0.3, -0.25) is 0 Å². The Kier molecular flexibility index (Phi) is 5.83. The van der Waals surface area contributed by atoms with Crippen LogP contribution in [0.25, 0.3) is 11.1 Å². The number of urea groups is 1. The van der Waals surface area contributed by atoms with E-state index < -0.39 is 29.2 Å². The average molecular weight is 451 g/mol. The van der Waals surface area contributed by atoms with E-state index in [1.165, 1.54) is 0 Å². The maximum Gasteiger partial charge on any atom is 0.323 e. The minimum atomic E-state index is -1.13. The Hall–Kier alpha value is -3.28. The molecule has 1 fully saturated rings. The maximum absolute atomic E-state index is 14.4. The summed E-state index contributed by atoms with van der Waals surface area (Å²) < 4.78 is 42.2. The zero-order valence-electron chi connectivity index (χ0n) is 18.2. The second-order valence-corrected chi connectivity index (χ2v) is 8.80. The van der Waals surface area contributed by atoms with Gasteiger partial charge in [-0.15, -0.1) is 0 Å². The van der Waals surface area contributed by atoms with Crippen molar-refractivity contribution in [3.05, 3.63) is 89.2 Å². The number of hydrogen-bond donors (Lipinski definition) is 1. The molecule has 2 amide bonds. The van der Waals surface area contributed by atoms with E-state index in [-0.39, 0.29) is 12.1 Å². The lowest BCUT2D eigenvalue weighted by Crippen LogP contribution is -2.45. The molecule has 3 aromatic carbocycles. The molecule has 3 nitrogen and oxygen atoms in total. The van der Waals surface area contributed by atoms with Crippen LogP contribution in [-0.2, 0) is 0 Å². The quantitative estimate of drug-likeness (QED) is 0.414. The first-order valence-electron chi connectivity index (χ1n) is 11.5. The molecule has 0 radical (unpaired) electrons. The molecule has 1 saturated carbocycles. The number of hydrogen-bond acceptors (Lipinski definition) is 1. The molecule has 3 aromatic rings. The summed E-state index contributed by atoms with van der Waals surface area (Å²) in [4.78, 5) is 15.5. The maximum atomic E-state index is 14.4. The summed E-state index contributed by atoms with van der Waals surface area (Å²) in [6, 6.07) is 16.1. The van der Waals surface area contributed by atoms with Gasteiger partial charge in [0.2, 0.25) is 0 Å². The number of rotatable bonds is 3. The fraction of sp³-hybridized carbons (Fsp3) is 0.296. The number of carbonyl (C=O) groups is 1. The highest BCUT2D eigenvalue weighted by Gasteiger charge is 2.39. The lowest BCUT2D eigenvalue weighted by Gasteiger charge is -2.37. The average Bonchev–Trinajstić information content (AvgIpc) is 2.94. The van der Waals surface area contributed by atoms with Crippen LogP contribution < -0.4 is 5.32 Å². The first-order chi connectivity index (χ1) is 16.0. The van der Waals surface area contributed by atoms with Crippen molar-refractivity contribution in [2.45, 2.75) is 50.6 Å². The summed E-state index contributed by atoms with van der Waals surface area (Å²) in [7, 11) is 0. The topological polar surface area (TPSA) is 32.3 Å². The van der Waals surface area contributed by atoms with Gasteiger partial charge in [0, 0.05) is 18.2 Å². The summed E-state index contributed by atoms with van der Waals surface area (Å²) in [6.45, 7) is 0. The number of nitrogens with one attached hydrogen (secondary N) is 1. The van der Waals surface area contributed by atoms with Gasteiger partial charge >= 0.3 is 6.03 Å². The predicted octanol–water partition coefficient (Wildman–Crippen LogP) is 7.43. The number of amides is 2. The normalized spacial score (nSPS) is 16.1. The second-order valence-electron chi connectivity index (χ2n) is 8.80. The van der Waals surface area contributed by atoms with Crippen LogP contribution in [0.4, 0.5) is 23.7 Å². The van der Waals surface area contributed by atoms with E-state index in [4.69, 9.17) is 0 Å². The lowest BCUT2D eigenvalue weighted by atomic mass is 9.98. The first kappa shape index (κ1) is 21.6. The van der Waals surface area contributed by atoms with E-state index in [2.05, 4.69) is 5.32 Å². The molecule has 0 spiro atoms. The standard InChI is InChI=1S/C27H25F3N2O/c28-17-15-23(29)25(24(30)16-17)31-27(33)32(18-9-3-1-2-4-10-18)26-21-13-7-5-11-19(21)20-12-6-8-14-22(20)26/h5-8,11-16,18,26H,1-4,9-10H2,(H,31,33). The molecule has 0 atom stereocenters. The zero-order valence-corrected chi connectivity index (χ0v) is 18.2. The summed E-state index contributed by atoms with van der Waals surface area (Å²) >= 11 is 0. The van der Waals surface area contributed by atoms with Crippen LogP contribution in [0.2, 0.25) is 0 Å². The van der Waals surface area contributed by atoms with Gasteiger partial charge in [-0.25, -0.2) is 18.0 Å². The SMILES string of the molecule is O=C(Nc1c(F)cc(F)cc1F)N(C1CCCCCC1)C1c2ccccc2-c2ccccc21. The molecule has 5 rings (SSSR count). The van der Waals surface area contributed by atoms with Crippen molar-refractivity contribution >= 4 is 11.7 Å². The van der Waals surface area contributed by atoms with Gasteiger partial charge < -0.3 is 10.2 Å². The lowest BCUT2D eigenvalue weighted by molar-refractivity contribution is 0.160. The zero-order chi connectivity index (χ0) is 22.9. The molecule has 33 heavy (non-hydrogen) atoms. The van der Waals surface area contributed by atoms with Gasteiger partial charge in [-0.2, -0.15) is 0 Å². The highest BCUT2D eigenvalue weighted by Crippen LogP contribution is 2.48. The van der Waals surface area contributed by atoms with E-state index >= 15 is 0 Å². The van der Waals surface area contributed by atoms with Crippen molar-refractivity contribution in [2.75, 3.05) is 5.32 Å². The first-order valence-corrected chi connectivity index (χ1v) is 11.5. The smallest absolute Gasteiger partial charge is 0.310 e. The molecule has 0 aromatic heterocycles. The highest BCUT2D eigenvalue weighted by atomic mass is 19.1. The Morgan fingerprint density at radius 1 is 0.788 bits per heavy atom. The molecule has 0 aliphatic heterocycles. The van der Waals surface area contributed by atoms with E-state index in [0.717, 1.165) is 60.8 Å². The minimum Gasteiger partial charge on any atom is -0.310 e. The van der Waals surface area contributed by atoms with Crippen LogP contribution in [0, 0.1) is 17.5 Å². The van der Waals surface area contributed by atoms with Crippen LogP contribution in [0.1, 0.15) is 55.7 Å². The van der Waals surface area contributed by atoms with Gasteiger partial charge in [-0.1, -0.05) is 74.2 Å². The number of fused-ring (bicyclic) bond motifs is 3. The van der Waals surface area contributed by atoms with E-state index in [1.54, 1.807) is 4.90 Å². The Labute approximate surface area is 191 Å². The van der Waals surface area contributed by atoms with E-state index in [1.807, 2.05) is 48.5 Å². The predicted molar refractivity (Wildman–Crippen MR) is 122 cm³/mol. The number of carbonyl (C=O) groups excluding carboxylic acids is 1. The van der Waals surface area contributed by atoms with Gasteiger partial charge in [-0.05, 0) is 35.1 Å². The highest BCUT2D eigenvalue weighted by molar-refractivity contribution is 5.92. The third kappa shape index (κ3) is 3.99. The van der Waals surface area contributed by atoms with Gasteiger partial charge in [0.15, 0.2) is 11.6 Å². The third-order valence-corrected chi connectivity index (χ3v) is 6.77. The van der Waals surface area contributed by atoms with Gasteiger partial charge in [0.1, 0.15) is 11.5 Å². The summed E-state index contributed by atoms with van der Waals surface area (Å²) in [5.41, 5.74) is 3.49. The number of nitrogens with zero attached hydrogens (tertiary/aromatic N) is 1. The second kappa shape index (κ2) is 8.93. The Morgan fingerprint density at radius 3 is 1.85 bits per heavy atom. The van der Waals surface area contributed by atoms with Crippen LogP contribution in [0.3, 0.4) is 0 Å². The molecular weight excluding hydrogens is 425 g/mol. The molecule has 0 bridgehead atoms. The number of halogens is 3.